The maximum absolute atomic E-state index is 11.7. The van der Waals surface area contributed by atoms with Gasteiger partial charge in [0.2, 0.25) is 11.8 Å². The molecule has 4 nitrogen and oxygen atoms in total. The van der Waals surface area contributed by atoms with Crippen molar-refractivity contribution in [2.75, 3.05) is 0 Å². The summed E-state index contributed by atoms with van der Waals surface area (Å²) in [5.41, 5.74) is 6.04. The largest absolute Gasteiger partial charge is 0.368 e. The molecule has 0 saturated heterocycles. The number of benzene rings is 1. The third-order valence-corrected chi connectivity index (χ3v) is 3.63. The fourth-order valence-electron chi connectivity index (χ4n) is 1.76. The van der Waals surface area contributed by atoms with Crippen LogP contribution >= 0.6 is 23.2 Å². The Hall–Kier alpha value is -1.26. The Morgan fingerprint density at radius 1 is 1.37 bits per heavy atom. The fourth-order valence-corrected chi connectivity index (χ4v) is 2.25. The van der Waals surface area contributed by atoms with Crippen molar-refractivity contribution >= 4 is 35.0 Å². The number of hydrogen-bond donors (Lipinski definition) is 2. The summed E-state index contributed by atoms with van der Waals surface area (Å²) < 4.78 is 0. The molecule has 3 N–H and O–H groups in total. The average Bonchev–Trinajstić information content (AvgIpc) is 3.15. The van der Waals surface area contributed by atoms with Gasteiger partial charge in [0, 0.05) is 22.4 Å². The summed E-state index contributed by atoms with van der Waals surface area (Å²) in [6.45, 7) is 0. The van der Waals surface area contributed by atoms with Crippen LogP contribution in [0.1, 0.15) is 18.4 Å². The molecule has 1 aliphatic rings. The molecule has 0 radical (unpaired) electrons. The Morgan fingerprint density at radius 2 is 2.05 bits per heavy atom. The van der Waals surface area contributed by atoms with Gasteiger partial charge in [-0.15, -0.1) is 0 Å². The molecular weight excluding hydrogens is 287 g/mol. The van der Waals surface area contributed by atoms with Gasteiger partial charge in [-0.2, -0.15) is 0 Å². The summed E-state index contributed by atoms with van der Waals surface area (Å²) in [5.74, 6) is -0.656. The molecule has 19 heavy (non-hydrogen) atoms. The van der Waals surface area contributed by atoms with Gasteiger partial charge in [0.15, 0.2) is 0 Å². The predicted molar refractivity (Wildman–Crippen MR) is 74.0 cm³/mol. The zero-order chi connectivity index (χ0) is 14.0. The summed E-state index contributed by atoms with van der Waals surface area (Å²) >= 11 is 11.8. The van der Waals surface area contributed by atoms with E-state index in [-0.39, 0.29) is 18.2 Å². The molecule has 1 atom stereocenters. The number of carbonyl (C=O) groups excluding carboxylic acids is 2. The molecule has 0 unspecified atom stereocenters. The average molecular weight is 301 g/mol. The lowest BCUT2D eigenvalue weighted by Crippen LogP contribution is -2.46. The Labute approximate surface area is 121 Å². The van der Waals surface area contributed by atoms with E-state index in [4.69, 9.17) is 28.9 Å². The van der Waals surface area contributed by atoms with Crippen LogP contribution in [0.25, 0.3) is 0 Å². The van der Waals surface area contributed by atoms with E-state index in [0.717, 1.165) is 18.4 Å². The molecule has 0 bridgehead atoms. The molecular formula is C13H14Cl2N2O2. The molecule has 0 spiro atoms. The molecule has 102 valence electrons. The van der Waals surface area contributed by atoms with E-state index in [9.17, 15) is 9.59 Å². The predicted octanol–water partition coefficient (Wildman–Crippen LogP) is 1.92. The zero-order valence-corrected chi connectivity index (χ0v) is 11.7. The van der Waals surface area contributed by atoms with Crippen molar-refractivity contribution < 1.29 is 9.59 Å². The van der Waals surface area contributed by atoms with Crippen molar-refractivity contribution in [1.29, 1.82) is 0 Å². The van der Waals surface area contributed by atoms with E-state index in [1.165, 1.54) is 0 Å². The number of carbonyl (C=O) groups is 2. The Kier molecular flexibility index (Phi) is 4.32. The van der Waals surface area contributed by atoms with E-state index in [0.29, 0.717) is 10.0 Å². The highest BCUT2D eigenvalue weighted by molar-refractivity contribution is 6.35. The van der Waals surface area contributed by atoms with Crippen LogP contribution in [-0.4, -0.2) is 17.9 Å². The highest BCUT2D eigenvalue weighted by Crippen LogP contribution is 2.29. The summed E-state index contributed by atoms with van der Waals surface area (Å²) in [5, 5.41) is 3.64. The Bertz CT molecular complexity index is 515. The normalized spacial score (nSPS) is 15.9. The first-order valence-corrected chi connectivity index (χ1v) is 6.76. The molecule has 6 heteroatoms. The molecule has 1 aromatic rings. The highest BCUT2D eigenvalue weighted by atomic mass is 35.5. The standard InChI is InChI=1S/C13H14Cl2N2O2/c14-9-4-3-8(10(15)6-9)5-11(12(16)18)17-13(19)7-1-2-7/h3-4,6-7,11H,1-2,5H2,(H2,16,18)(H,17,19)/t11-/m0/s1. The molecule has 1 aliphatic carbocycles. The Balaban J connectivity index is 2.07. The van der Waals surface area contributed by atoms with Gasteiger partial charge in [-0.3, -0.25) is 9.59 Å². The van der Waals surface area contributed by atoms with Crippen molar-refractivity contribution in [3.63, 3.8) is 0 Å². The molecule has 2 rings (SSSR count). The van der Waals surface area contributed by atoms with Crippen molar-refractivity contribution in [2.24, 2.45) is 11.7 Å². The van der Waals surface area contributed by atoms with Gasteiger partial charge in [-0.1, -0.05) is 29.3 Å². The van der Waals surface area contributed by atoms with Gasteiger partial charge >= 0.3 is 0 Å². The summed E-state index contributed by atoms with van der Waals surface area (Å²) in [6.07, 6.45) is 2.02. The number of nitrogens with one attached hydrogen (secondary N) is 1. The molecule has 1 saturated carbocycles. The number of amides is 2. The first-order chi connectivity index (χ1) is 8.97. The first kappa shape index (κ1) is 14.2. The Morgan fingerprint density at radius 3 is 2.58 bits per heavy atom. The van der Waals surface area contributed by atoms with Crippen LogP contribution in [0.4, 0.5) is 0 Å². The topological polar surface area (TPSA) is 72.2 Å². The van der Waals surface area contributed by atoms with Gasteiger partial charge in [-0.25, -0.2) is 0 Å². The van der Waals surface area contributed by atoms with E-state index < -0.39 is 11.9 Å². The van der Waals surface area contributed by atoms with Crippen LogP contribution in [0.5, 0.6) is 0 Å². The number of rotatable bonds is 5. The van der Waals surface area contributed by atoms with Gasteiger partial charge in [-0.05, 0) is 30.5 Å². The van der Waals surface area contributed by atoms with E-state index >= 15 is 0 Å². The number of nitrogens with two attached hydrogens (primary N) is 1. The second-order valence-corrected chi connectivity index (χ2v) is 5.52. The van der Waals surface area contributed by atoms with Crippen LogP contribution < -0.4 is 11.1 Å². The van der Waals surface area contributed by atoms with E-state index in [1.807, 2.05) is 0 Å². The SMILES string of the molecule is NC(=O)[C@H](Cc1ccc(Cl)cc1Cl)NC(=O)C1CC1. The molecule has 0 aromatic heterocycles. The van der Waals surface area contributed by atoms with Gasteiger partial charge in [0.1, 0.15) is 6.04 Å². The van der Waals surface area contributed by atoms with Crippen LogP contribution in [-0.2, 0) is 16.0 Å². The summed E-state index contributed by atoms with van der Waals surface area (Å²) in [7, 11) is 0. The first-order valence-electron chi connectivity index (χ1n) is 6.01. The fraction of sp³-hybridized carbons (Fsp3) is 0.385. The number of primary amides is 1. The van der Waals surface area contributed by atoms with Crippen LogP contribution in [0.3, 0.4) is 0 Å². The quantitative estimate of drug-likeness (QED) is 0.872. The summed E-state index contributed by atoms with van der Waals surface area (Å²) in [6, 6.07) is 4.26. The third kappa shape index (κ3) is 3.85. The molecule has 1 aromatic carbocycles. The zero-order valence-electron chi connectivity index (χ0n) is 10.2. The van der Waals surface area contributed by atoms with Crippen LogP contribution in [0.2, 0.25) is 10.0 Å². The maximum Gasteiger partial charge on any atom is 0.240 e. The second kappa shape index (κ2) is 5.80. The van der Waals surface area contributed by atoms with E-state index in [2.05, 4.69) is 5.32 Å². The lowest BCUT2D eigenvalue weighted by molar-refractivity contribution is -0.128. The molecule has 1 fully saturated rings. The van der Waals surface area contributed by atoms with Crippen molar-refractivity contribution in [3.8, 4) is 0 Å². The third-order valence-electron chi connectivity index (χ3n) is 3.05. The smallest absolute Gasteiger partial charge is 0.240 e. The van der Waals surface area contributed by atoms with Crippen molar-refractivity contribution in [2.45, 2.75) is 25.3 Å². The maximum atomic E-state index is 11.7. The van der Waals surface area contributed by atoms with Crippen molar-refractivity contribution in [1.82, 2.24) is 5.32 Å². The van der Waals surface area contributed by atoms with Crippen molar-refractivity contribution in [3.05, 3.63) is 33.8 Å². The summed E-state index contributed by atoms with van der Waals surface area (Å²) in [4.78, 5) is 23.1. The molecule has 0 aliphatic heterocycles. The monoisotopic (exact) mass is 300 g/mol. The number of halogens is 2. The van der Waals surface area contributed by atoms with Gasteiger partial charge in [0.05, 0.1) is 0 Å². The molecule has 2 amide bonds. The lowest BCUT2D eigenvalue weighted by Gasteiger charge is -2.16. The highest BCUT2D eigenvalue weighted by Gasteiger charge is 2.32. The van der Waals surface area contributed by atoms with Crippen LogP contribution in [0.15, 0.2) is 18.2 Å². The second-order valence-electron chi connectivity index (χ2n) is 4.68. The van der Waals surface area contributed by atoms with Crippen LogP contribution in [0, 0.1) is 5.92 Å². The molecule has 0 heterocycles. The van der Waals surface area contributed by atoms with E-state index in [1.54, 1.807) is 18.2 Å². The minimum Gasteiger partial charge on any atom is -0.368 e. The van der Waals surface area contributed by atoms with Gasteiger partial charge < -0.3 is 11.1 Å². The minimum atomic E-state index is -0.744. The van der Waals surface area contributed by atoms with Gasteiger partial charge in [0.25, 0.3) is 0 Å². The minimum absolute atomic E-state index is 0.0301. The lowest BCUT2D eigenvalue weighted by atomic mass is 10.1. The number of hydrogen-bond acceptors (Lipinski definition) is 2.